The number of halogens is 1. The van der Waals surface area contributed by atoms with Crippen LogP contribution in [0.1, 0.15) is 11.3 Å². The monoisotopic (exact) mass is 318 g/mol. The van der Waals surface area contributed by atoms with Gasteiger partial charge in [0.25, 0.3) is 5.91 Å². The van der Waals surface area contributed by atoms with Gasteiger partial charge < -0.3 is 10.6 Å². The van der Waals surface area contributed by atoms with E-state index >= 15 is 0 Å². The molecule has 0 saturated heterocycles. The predicted molar refractivity (Wildman–Crippen MR) is 85.9 cm³/mol. The number of thiophene rings is 1. The zero-order valence-electron chi connectivity index (χ0n) is 11.7. The highest BCUT2D eigenvalue weighted by Crippen LogP contribution is 2.17. The van der Waals surface area contributed by atoms with Crippen LogP contribution in [0.15, 0.2) is 47.9 Å². The van der Waals surface area contributed by atoms with Crippen LogP contribution in [0.3, 0.4) is 0 Å². The molecule has 2 amide bonds. The predicted octanol–water partition coefficient (Wildman–Crippen LogP) is 2.81. The summed E-state index contributed by atoms with van der Waals surface area (Å²) in [5, 5.41) is 1.91. The van der Waals surface area contributed by atoms with Crippen LogP contribution in [-0.4, -0.2) is 18.4 Å². The summed E-state index contributed by atoms with van der Waals surface area (Å²) < 4.78 is 13.0. The van der Waals surface area contributed by atoms with E-state index in [-0.39, 0.29) is 24.7 Å². The molecule has 22 heavy (non-hydrogen) atoms. The quantitative estimate of drug-likeness (QED) is 0.832. The largest absolute Gasteiger partial charge is 0.370 e. The summed E-state index contributed by atoms with van der Waals surface area (Å²) in [5.74, 6) is -1.18. The second kappa shape index (κ2) is 7.51. The van der Waals surface area contributed by atoms with E-state index in [4.69, 9.17) is 5.73 Å². The van der Waals surface area contributed by atoms with Gasteiger partial charge in [0.2, 0.25) is 5.91 Å². The number of primary amides is 1. The number of anilines is 1. The van der Waals surface area contributed by atoms with E-state index < -0.39 is 5.91 Å². The number of carbonyl (C=O) groups is 2. The van der Waals surface area contributed by atoms with Crippen molar-refractivity contribution in [3.05, 3.63) is 58.5 Å². The number of carbonyl (C=O) groups excluding carboxylic acids is 2. The summed E-state index contributed by atoms with van der Waals surface area (Å²) in [6.45, 7) is 0.147. The maximum Gasteiger partial charge on any atom is 0.251 e. The lowest BCUT2D eigenvalue weighted by molar-refractivity contribution is -0.118. The Kier molecular flexibility index (Phi) is 5.43. The molecule has 0 bridgehead atoms. The van der Waals surface area contributed by atoms with Crippen LogP contribution >= 0.6 is 11.3 Å². The summed E-state index contributed by atoms with van der Waals surface area (Å²) in [6, 6.07) is 9.30. The average Bonchev–Trinajstić information content (AvgIpc) is 3.00. The summed E-state index contributed by atoms with van der Waals surface area (Å²) in [4.78, 5) is 25.6. The molecular formula is C16H15FN2O2S. The van der Waals surface area contributed by atoms with Crippen LogP contribution < -0.4 is 10.6 Å². The van der Waals surface area contributed by atoms with Gasteiger partial charge in [0.15, 0.2) is 0 Å². The van der Waals surface area contributed by atoms with Gasteiger partial charge in [-0.2, -0.15) is 0 Å². The van der Waals surface area contributed by atoms with Crippen molar-refractivity contribution < 1.29 is 14.0 Å². The number of hydrogen-bond acceptors (Lipinski definition) is 3. The van der Waals surface area contributed by atoms with E-state index in [1.165, 1.54) is 46.6 Å². The molecule has 0 atom stereocenters. The van der Waals surface area contributed by atoms with Crippen molar-refractivity contribution >= 4 is 34.9 Å². The van der Waals surface area contributed by atoms with Gasteiger partial charge in [-0.15, -0.1) is 11.3 Å². The smallest absolute Gasteiger partial charge is 0.251 e. The van der Waals surface area contributed by atoms with Crippen LogP contribution in [0.25, 0.3) is 6.08 Å². The molecule has 2 aromatic rings. The third kappa shape index (κ3) is 4.53. The topological polar surface area (TPSA) is 63.4 Å². The van der Waals surface area contributed by atoms with Crippen molar-refractivity contribution in [2.45, 2.75) is 6.42 Å². The Morgan fingerprint density at radius 1 is 1.23 bits per heavy atom. The van der Waals surface area contributed by atoms with Crippen molar-refractivity contribution in [3.63, 3.8) is 0 Å². The Balaban J connectivity index is 2.17. The molecule has 1 aromatic carbocycles. The van der Waals surface area contributed by atoms with Crippen molar-refractivity contribution in [3.8, 4) is 0 Å². The molecule has 6 heteroatoms. The first-order valence-electron chi connectivity index (χ1n) is 6.63. The summed E-state index contributed by atoms with van der Waals surface area (Å²) in [7, 11) is 0. The molecule has 0 unspecified atom stereocenters. The molecule has 0 aliphatic heterocycles. The van der Waals surface area contributed by atoms with Crippen molar-refractivity contribution in [2.75, 3.05) is 11.4 Å². The van der Waals surface area contributed by atoms with Crippen molar-refractivity contribution in [1.82, 2.24) is 0 Å². The van der Waals surface area contributed by atoms with Crippen LogP contribution in [0.5, 0.6) is 0 Å². The Morgan fingerprint density at radius 3 is 2.55 bits per heavy atom. The zero-order chi connectivity index (χ0) is 15.9. The number of amides is 2. The second-order valence-electron chi connectivity index (χ2n) is 4.53. The van der Waals surface area contributed by atoms with Crippen LogP contribution in [0.2, 0.25) is 0 Å². The minimum absolute atomic E-state index is 0.0377. The van der Waals surface area contributed by atoms with Gasteiger partial charge in [-0.25, -0.2) is 4.39 Å². The molecular weight excluding hydrogens is 303 g/mol. The van der Waals surface area contributed by atoms with E-state index in [0.29, 0.717) is 5.69 Å². The Labute approximate surface area is 131 Å². The van der Waals surface area contributed by atoms with E-state index in [1.54, 1.807) is 6.08 Å². The number of rotatable bonds is 6. The highest BCUT2D eigenvalue weighted by atomic mass is 32.1. The number of nitrogens with two attached hydrogens (primary N) is 1. The molecule has 0 aliphatic carbocycles. The molecule has 1 heterocycles. The van der Waals surface area contributed by atoms with E-state index in [2.05, 4.69) is 0 Å². The summed E-state index contributed by atoms with van der Waals surface area (Å²) in [6.07, 6.45) is 3.17. The molecule has 4 nitrogen and oxygen atoms in total. The Morgan fingerprint density at radius 2 is 1.95 bits per heavy atom. The van der Waals surface area contributed by atoms with Crippen molar-refractivity contribution in [1.29, 1.82) is 0 Å². The normalized spacial score (nSPS) is 10.8. The highest BCUT2D eigenvalue weighted by Gasteiger charge is 2.14. The van der Waals surface area contributed by atoms with Gasteiger partial charge in [-0.05, 0) is 41.8 Å². The first-order valence-corrected chi connectivity index (χ1v) is 7.51. The van der Waals surface area contributed by atoms with Crippen molar-refractivity contribution in [2.24, 2.45) is 5.73 Å². The second-order valence-corrected chi connectivity index (χ2v) is 5.51. The molecule has 2 rings (SSSR count). The lowest BCUT2D eigenvalue weighted by atomic mass is 10.2. The SMILES string of the molecule is NC(=O)CCN(C(=O)/C=C/c1cccs1)c1ccc(F)cc1. The van der Waals surface area contributed by atoms with E-state index in [1.807, 2.05) is 17.5 Å². The average molecular weight is 318 g/mol. The number of hydrogen-bond donors (Lipinski definition) is 1. The van der Waals surface area contributed by atoms with Gasteiger partial charge in [-0.3, -0.25) is 9.59 Å². The fraction of sp³-hybridized carbons (Fsp3) is 0.125. The maximum atomic E-state index is 13.0. The fourth-order valence-electron chi connectivity index (χ4n) is 1.84. The Hall–Kier alpha value is -2.47. The van der Waals surface area contributed by atoms with Crippen LogP contribution in [0, 0.1) is 5.82 Å². The lowest BCUT2D eigenvalue weighted by Gasteiger charge is -2.20. The highest BCUT2D eigenvalue weighted by molar-refractivity contribution is 7.10. The van der Waals surface area contributed by atoms with Crippen LogP contribution in [-0.2, 0) is 9.59 Å². The van der Waals surface area contributed by atoms with Gasteiger partial charge in [-0.1, -0.05) is 6.07 Å². The molecule has 0 radical (unpaired) electrons. The van der Waals surface area contributed by atoms with Gasteiger partial charge in [0.05, 0.1) is 0 Å². The van der Waals surface area contributed by atoms with Gasteiger partial charge in [0, 0.05) is 29.6 Å². The third-order valence-corrected chi connectivity index (χ3v) is 3.76. The first kappa shape index (κ1) is 15.9. The summed E-state index contributed by atoms with van der Waals surface area (Å²) in [5.41, 5.74) is 5.66. The molecule has 114 valence electrons. The minimum Gasteiger partial charge on any atom is -0.370 e. The molecule has 1 aromatic heterocycles. The Bertz CT molecular complexity index is 666. The van der Waals surface area contributed by atoms with Crippen LogP contribution in [0.4, 0.5) is 10.1 Å². The molecule has 0 aliphatic rings. The molecule has 0 saturated carbocycles. The zero-order valence-corrected chi connectivity index (χ0v) is 12.6. The fourth-order valence-corrected chi connectivity index (χ4v) is 2.46. The maximum absolute atomic E-state index is 13.0. The van der Waals surface area contributed by atoms with E-state index in [0.717, 1.165) is 4.88 Å². The third-order valence-electron chi connectivity index (χ3n) is 2.92. The minimum atomic E-state index is -0.498. The summed E-state index contributed by atoms with van der Waals surface area (Å²) >= 11 is 1.51. The lowest BCUT2D eigenvalue weighted by Crippen LogP contribution is -2.32. The first-order chi connectivity index (χ1) is 10.6. The molecule has 0 fully saturated rings. The number of benzene rings is 1. The van der Waals surface area contributed by atoms with Gasteiger partial charge >= 0.3 is 0 Å². The van der Waals surface area contributed by atoms with E-state index in [9.17, 15) is 14.0 Å². The number of nitrogens with zero attached hydrogens (tertiary/aromatic N) is 1. The molecule has 2 N–H and O–H groups in total. The van der Waals surface area contributed by atoms with Gasteiger partial charge in [0.1, 0.15) is 5.82 Å². The molecule has 0 spiro atoms. The standard InChI is InChI=1S/C16H15FN2O2S/c17-12-3-5-13(6-4-12)19(10-9-15(18)20)16(21)8-7-14-2-1-11-22-14/h1-8,11H,9-10H2,(H2,18,20)/b8-7+.